The molecule has 0 radical (unpaired) electrons. The summed E-state index contributed by atoms with van der Waals surface area (Å²) in [5, 5.41) is 0. The number of alkyl halides is 3. The molecule has 1 aromatic carbocycles. The van der Waals surface area contributed by atoms with E-state index in [1.54, 1.807) is 6.07 Å². The highest BCUT2D eigenvalue weighted by molar-refractivity contribution is 5.85. The first-order valence-corrected chi connectivity index (χ1v) is 4.27. The molecule has 0 aromatic heterocycles. The molecule has 4 N–H and O–H groups in total. The van der Waals surface area contributed by atoms with Crippen molar-refractivity contribution in [2.45, 2.75) is 12.9 Å². The van der Waals surface area contributed by atoms with Crippen LogP contribution < -0.4 is 16.2 Å². The molecule has 0 unspecified atom stereocenters. The van der Waals surface area contributed by atoms with Crippen LogP contribution in [-0.2, 0) is 6.54 Å². The van der Waals surface area contributed by atoms with Gasteiger partial charge in [0.05, 0.1) is 6.54 Å². The largest absolute Gasteiger partial charge is 0.573 e. The maximum atomic E-state index is 12.0. The Kier molecular flexibility index (Phi) is 5.60. The van der Waals surface area contributed by atoms with Crippen LogP contribution in [0.4, 0.5) is 13.2 Å². The Bertz CT molecular complexity index is 391. The van der Waals surface area contributed by atoms with Gasteiger partial charge in [-0.2, -0.15) is 0 Å². The molecule has 0 spiro atoms. The van der Waals surface area contributed by atoms with Crippen LogP contribution in [0, 0.1) is 0 Å². The molecule has 96 valence electrons. The van der Waals surface area contributed by atoms with Crippen molar-refractivity contribution in [3.8, 4) is 5.75 Å². The van der Waals surface area contributed by atoms with Gasteiger partial charge in [-0.3, -0.25) is 0 Å². The Hall–Kier alpha value is -1.63. The van der Waals surface area contributed by atoms with Crippen molar-refractivity contribution in [3.63, 3.8) is 0 Å². The minimum Gasteiger partial charge on any atom is -0.405 e. The zero-order valence-electron chi connectivity index (χ0n) is 8.57. The summed E-state index contributed by atoms with van der Waals surface area (Å²) in [6.07, 6.45) is -4.73. The Morgan fingerprint density at radius 1 is 1.24 bits per heavy atom. The van der Waals surface area contributed by atoms with Gasteiger partial charge in [-0.05, 0) is 6.07 Å². The molecule has 0 heterocycles. The topological polar surface area (TPSA) is 73.6 Å². The number of para-hydroxylation sites is 1. The van der Waals surface area contributed by atoms with E-state index < -0.39 is 6.36 Å². The number of guanidine groups is 1. The number of ether oxygens (including phenoxy) is 1. The van der Waals surface area contributed by atoms with Crippen LogP contribution in [0.5, 0.6) is 5.75 Å². The third-order valence-electron chi connectivity index (χ3n) is 1.63. The van der Waals surface area contributed by atoms with Gasteiger partial charge in [-0.1, -0.05) is 18.2 Å². The van der Waals surface area contributed by atoms with Gasteiger partial charge in [0, 0.05) is 5.56 Å². The number of nitrogens with zero attached hydrogens (tertiary/aromatic N) is 1. The number of rotatable bonds is 3. The molecule has 0 amide bonds. The normalized spacial score (nSPS) is 10.3. The number of nitrogens with two attached hydrogens (primary N) is 2. The van der Waals surface area contributed by atoms with Gasteiger partial charge in [-0.15, -0.1) is 25.6 Å². The van der Waals surface area contributed by atoms with Gasteiger partial charge < -0.3 is 16.2 Å². The van der Waals surface area contributed by atoms with Crippen molar-refractivity contribution in [2.75, 3.05) is 0 Å². The second kappa shape index (κ2) is 6.19. The lowest BCUT2D eigenvalue weighted by molar-refractivity contribution is -0.274. The first kappa shape index (κ1) is 15.4. The Balaban J connectivity index is 0.00000256. The molecule has 0 bridgehead atoms. The van der Waals surface area contributed by atoms with Gasteiger partial charge in [0.2, 0.25) is 0 Å². The average molecular weight is 270 g/mol. The third kappa shape index (κ3) is 5.86. The van der Waals surface area contributed by atoms with Crippen LogP contribution >= 0.6 is 12.4 Å². The Morgan fingerprint density at radius 2 is 1.82 bits per heavy atom. The van der Waals surface area contributed by atoms with E-state index in [-0.39, 0.29) is 36.2 Å². The highest BCUT2D eigenvalue weighted by Gasteiger charge is 2.31. The van der Waals surface area contributed by atoms with E-state index in [9.17, 15) is 13.2 Å². The highest BCUT2D eigenvalue weighted by atomic mass is 35.5. The Morgan fingerprint density at radius 3 is 2.35 bits per heavy atom. The van der Waals surface area contributed by atoms with Gasteiger partial charge in [0.15, 0.2) is 5.96 Å². The molecule has 0 saturated carbocycles. The zero-order valence-corrected chi connectivity index (χ0v) is 9.39. The molecular weight excluding hydrogens is 259 g/mol. The fourth-order valence-corrected chi connectivity index (χ4v) is 1.04. The summed E-state index contributed by atoms with van der Waals surface area (Å²) in [4.78, 5) is 3.61. The third-order valence-corrected chi connectivity index (χ3v) is 1.63. The number of benzene rings is 1. The molecule has 8 heteroatoms. The molecule has 0 saturated heterocycles. The maximum absolute atomic E-state index is 12.0. The molecule has 1 rings (SSSR count). The number of hydrogen-bond donors (Lipinski definition) is 2. The highest BCUT2D eigenvalue weighted by Crippen LogP contribution is 2.26. The maximum Gasteiger partial charge on any atom is 0.573 e. The van der Waals surface area contributed by atoms with E-state index in [0.717, 1.165) is 0 Å². The van der Waals surface area contributed by atoms with Crippen molar-refractivity contribution in [3.05, 3.63) is 29.8 Å². The lowest BCUT2D eigenvalue weighted by atomic mass is 10.2. The van der Waals surface area contributed by atoms with Crippen molar-refractivity contribution in [1.82, 2.24) is 0 Å². The molecule has 0 aliphatic carbocycles. The van der Waals surface area contributed by atoms with Crippen LogP contribution in [0.15, 0.2) is 29.3 Å². The second-order valence-electron chi connectivity index (χ2n) is 2.90. The van der Waals surface area contributed by atoms with E-state index in [0.29, 0.717) is 0 Å². The summed E-state index contributed by atoms with van der Waals surface area (Å²) in [5.41, 5.74) is 10.4. The van der Waals surface area contributed by atoms with Crippen LogP contribution in [0.2, 0.25) is 0 Å². The van der Waals surface area contributed by atoms with Gasteiger partial charge >= 0.3 is 6.36 Å². The summed E-state index contributed by atoms with van der Waals surface area (Å²) < 4.78 is 39.9. The lowest BCUT2D eigenvalue weighted by Crippen LogP contribution is -2.23. The lowest BCUT2D eigenvalue weighted by Gasteiger charge is -2.11. The molecule has 0 aliphatic heterocycles. The Labute approximate surface area is 102 Å². The average Bonchev–Trinajstić information content (AvgIpc) is 2.14. The monoisotopic (exact) mass is 269 g/mol. The van der Waals surface area contributed by atoms with Crippen LogP contribution in [-0.4, -0.2) is 12.3 Å². The molecule has 0 aliphatic rings. The minimum absolute atomic E-state index is 0. The van der Waals surface area contributed by atoms with Crippen LogP contribution in [0.3, 0.4) is 0 Å². The summed E-state index contributed by atoms with van der Waals surface area (Å²) in [7, 11) is 0. The van der Waals surface area contributed by atoms with E-state index in [1.165, 1.54) is 18.2 Å². The SMILES string of the molecule is Cl.NC(N)=NCc1ccccc1OC(F)(F)F. The predicted molar refractivity (Wildman–Crippen MR) is 59.9 cm³/mol. The van der Waals surface area contributed by atoms with Crippen molar-refractivity contribution in [1.29, 1.82) is 0 Å². The van der Waals surface area contributed by atoms with Crippen molar-refractivity contribution in [2.24, 2.45) is 16.5 Å². The van der Waals surface area contributed by atoms with Gasteiger partial charge in [0.1, 0.15) is 5.75 Å². The second-order valence-corrected chi connectivity index (χ2v) is 2.90. The number of halogens is 4. The standard InChI is InChI=1S/C9H10F3N3O.ClH/c10-9(11,12)16-7-4-2-1-3-6(7)5-15-8(13)14;/h1-4H,5H2,(H4,13,14,15);1H. The fraction of sp³-hybridized carbons (Fsp3) is 0.222. The molecular formula is C9H11ClF3N3O. The summed E-state index contributed by atoms with van der Waals surface area (Å²) in [5.74, 6) is -0.498. The van der Waals surface area contributed by atoms with E-state index in [1.807, 2.05) is 0 Å². The summed E-state index contributed by atoms with van der Waals surface area (Å²) in [6, 6.07) is 5.65. The quantitative estimate of drug-likeness (QED) is 0.649. The number of hydrogen-bond acceptors (Lipinski definition) is 2. The smallest absolute Gasteiger partial charge is 0.405 e. The first-order chi connectivity index (χ1) is 7.38. The van der Waals surface area contributed by atoms with Crippen LogP contribution in [0.1, 0.15) is 5.56 Å². The number of aliphatic imine (C=N–C) groups is 1. The summed E-state index contributed by atoms with van der Waals surface area (Å²) >= 11 is 0. The van der Waals surface area contributed by atoms with E-state index >= 15 is 0 Å². The molecule has 0 fully saturated rings. The summed E-state index contributed by atoms with van der Waals surface area (Å²) in [6.45, 7) is -0.0609. The molecule has 1 aromatic rings. The van der Waals surface area contributed by atoms with Gasteiger partial charge in [-0.25, -0.2) is 4.99 Å². The molecule has 4 nitrogen and oxygen atoms in total. The van der Waals surface area contributed by atoms with Crippen LogP contribution in [0.25, 0.3) is 0 Å². The minimum atomic E-state index is -4.73. The fourth-order valence-electron chi connectivity index (χ4n) is 1.04. The zero-order chi connectivity index (χ0) is 12.2. The van der Waals surface area contributed by atoms with Crippen molar-refractivity contribution >= 4 is 18.4 Å². The first-order valence-electron chi connectivity index (χ1n) is 4.27. The molecule has 17 heavy (non-hydrogen) atoms. The van der Waals surface area contributed by atoms with E-state index in [2.05, 4.69) is 9.73 Å². The predicted octanol–water partition coefficient (Wildman–Crippen LogP) is 1.78. The van der Waals surface area contributed by atoms with Crippen molar-refractivity contribution < 1.29 is 17.9 Å². The van der Waals surface area contributed by atoms with Gasteiger partial charge in [0.25, 0.3) is 0 Å². The molecule has 0 atom stereocenters. The van der Waals surface area contributed by atoms with E-state index in [4.69, 9.17) is 11.5 Å².